The molecule has 0 amide bonds. The Balaban J connectivity index is 1.85. The molecule has 0 aliphatic carbocycles. The lowest BCUT2D eigenvalue weighted by atomic mass is 9.96. The molecule has 0 radical (unpaired) electrons. The van der Waals surface area contributed by atoms with Crippen LogP contribution in [0.25, 0.3) is 0 Å². The normalized spacial score (nSPS) is 28.3. The Morgan fingerprint density at radius 2 is 2.00 bits per heavy atom. The minimum absolute atomic E-state index is 0.583. The molecular formula is C15H20Br2N2. The summed E-state index contributed by atoms with van der Waals surface area (Å²) >= 11 is 7.30. The van der Waals surface area contributed by atoms with Gasteiger partial charge in [0, 0.05) is 34.1 Å². The van der Waals surface area contributed by atoms with Gasteiger partial charge in [0.1, 0.15) is 0 Å². The van der Waals surface area contributed by atoms with Crippen molar-refractivity contribution >= 4 is 37.5 Å². The first-order chi connectivity index (χ1) is 9.15. The van der Waals surface area contributed by atoms with Crippen LogP contribution in [-0.4, -0.2) is 36.6 Å². The molecular weight excluding hydrogens is 368 g/mol. The van der Waals surface area contributed by atoms with Crippen molar-refractivity contribution in [3.05, 3.63) is 27.1 Å². The molecule has 0 saturated carbocycles. The topological polar surface area (TPSA) is 6.48 Å². The Morgan fingerprint density at radius 3 is 2.84 bits per heavy atom. The molecule has 1 aromatic rings. The van der Waals surface area contributed by atoms with E-state index in [1.165, 1.54) is 42.5 Å². The fourth-order valence-electron chi connectivity index (χ4n) is 3.39. The van der Waals surface area contributed by atoms with Gasteiger partial charge in [-0.15, -0.1) is 0 Å². The van der Waals surface area contributed by atoms with Crippen molar-refractivity contribution in [3.8, 4) is 0 Å². The van der Waals surface area contributed by atoms with Crippen LogP contribution in [0.4, 0.5) is 5.69 Å². The maximum absolute atomic E-state index is 3.71. The molecule has 4 heteroatoms. The third-order valence-electron chi connectivity index (χ3n) is 4.40. The molecule has 2 heterocycles. The van der Waals surface area contributed by atoms with Crippen LogP contribution in [0.5, 0.6) is 0 Å². The number of benzene rings is 1. The predicted octanol–water partition coefficient (Wildman–Crippen LogP) is 4.27. The second kappa shape index (κ2) is 5.74. The zero-order chi connectivity index (χ0) is 13.4. The Bertz CT molecular complexity index is 463. The summed E-state index contributed by atoms with van der Waals surface area (Å²) < 4.78 is 2.36. The summed E-state index contributed by atoms with van der Waals surface area (Å²) in [6.45, 7) is 6.00. The summed E-state index contributed by atoms with van der Waals surface area (Å²) in [5, 5.41) is 0. The predicted molar refractivity (Wildman–Crippen MR) is 87.9 cm³/mol. The van der Waals surface area contributed by atoms with E-state index >= 15 is 0 Å². The molecule has 2 nitrogen and oxygen atoms in total. The van der Waals surface area contributed by atoms with Crippen LogP contribution in [0.3, 0.4) is 0 Å². The van der Waals surface area contributed by atoms with Crippen molar-refractivity contribution in [1.29, 1.82) is 0 Å². The van der Waals surface area contributed by atoms with E-state index in [9.17, 15) is 0 Å². The van der Waals surface area contributed by atoms with Crippen LogP contribution in [-0.2, 0) is 0 Å². The van der Waals surface area contributed by atoms with Gasteiger partial charge >= 0.3 is 0 Å². The molecule has 1 aromatic carbocycles. The highest BCUT2D eigenvalue weighted by atomic mass is 79.9. The maximum atomic E-state index is 3.71. The number of hydrogen-bond acceptors (Lipinski definition) is 2. The summed E-state index contributed by atoms with van der Waals surface area (Å²) in [6, 6.07) is 7.80. The van der Waals surface area contributed by atoms with E-state index in [2.05, 4.69) is 66.8 Å². The third kappa shape index (κ3) is 2.86. The number of hydrogen-bond donors (Lipinski definition) is 0. The number of anilines is 1. The first-order valence-corrected chi connectivity index (χ1v) is 8.69. The smallest absolute Gasteiger partial charge is 0.0525 e. The molecule has 104 valence electrons. The first kappa shape index (κ1) is 13.9. The van der Waals surface area contributed by atoms with Gasteiger partial charge in [-0.3, -0.25) is 4.90 Å². The highest BCUT2D eigenvalue weighted by Crippen LogP contribution is 2.34. The molecule has 2 aliphatic rings. The van der Waals surface area contributed by atoms with Crippen molar-refractivity contribution in [1.82, 2.24) is 4.90 Å². The molecule has 0 N–H and O–H groups in total. The largest absolute Gasteiger partial charge is 0.365 e. The molecule has 0 spiro atoms. The van der Waals surface area contributed by atoms with Crippen molar-refractivity contribution in [3.63, 3.8) is 0 Å². The van der Waals surface area contributed by atoms with Crippen molar-refractivity contribution in [2.24, 2.45) is 0 Å². The van der Waals surface area contributed by atoms with E-state index in [1.807, 2.05) is 0 Å². The zero-order valence-corrected chi connectivity index (χ0v) is 14.5. The maximum Gasteiger partial charge on any atom is 0.0525 e. The Labute approximate surface area is 132 Å². The highest BCUT2D eigenvalue weighted by Gasteiger charge is 2.33. The van der Waals surface area contributed by atoms with Gasteiger partial charge < -0.3 is 4.90 Å². The van der Waals surface area contributed by atoms with Gasteiger partial charge in [-0.1, -0.05) is 22.4 Å². The SMILES string of the molecule is CC1CN2CCCCC2CN1c1cc(Br)ccc1Br. The summed E-state index contributed by atoms with van der Waals surface area (Å²) in [5.41, 5.74) is 1.33. The lowest BCUT2D eigenvalue weighted by molar-refractivity contribution is 0.115. The zero-order valence-electron chi connectivity index (χ0n) is 11.3. The van der Waals surface area contributed by atoms with Gasteiger partial charge in [0.05, 0.1) is 5.69 Å². The fourth-order valence-corrected chi connectivity index (χ4v) is 4.22. The van der Waals surface area contributed by atoms with Crippen LogP contribution in [0, 0.1) is 0 Å². The quantitative estimate of drug-likeness (QED) is 0.709. The molecule has 2 saturated heterocycles. The summed E-state index contributed by atoms with van der Waals surface area (Å²) in [5.74, 6) is 0. The molecule has 0 bridgehead atoms. The van der Waals surface area contributed by atoms with E-state index in [1.54, 1.807) is 0 Å². The van der Waals surface area contributed by atoms with E-state index in [4.69, 9.17) is 0 Å². The second-order valence-electron chi connectivity index (χ2n) is 5.74. The lowest BCUT2D eigenvalue weighted by Gasteiger charge is -2.48. The molecule has 19 heavy (non-hydrogen) atoms. The Hall–Kier alpha value is -0.0600. The monoisotopic (exact) mass is 386 g/mol. The molecule has 2 aliphatic heterocycles. The number of piperazine rings is 1. The number of halogens is 2. The van der Waals surface area contributed by atoms with Crippen LogP contribution in [0.2, 0.25) is 0 Å². The minimum atomic E-state index is 0.583. The van der Waals surface area contributed by atoms with Crippen LogP contribution >= 0.6 is 31.9 Å². The van der Waals surface area contributed by atoms with Crippen LogP contribution in [0.15, 0.2) is 27.1 Å². The summed E-state index contributed by atoms with van der Waals surface area (Å²) in [7, 11) is 0. The average Bonchev–Trinajstić information content (AvgIpc) is 2.41. The van der Waals surface area contributed by atoms with E-state index in [0.717, 1.165) is 17.1 Å². The van der Waals surface area contributed by atoms with Gasteiger partial charge in [-0.05, 0) is 60.4 Å². The van der Waals surface area contributed by atoms with Gasteiger partial charge in [0.2, 0.25) is 0 Å². The van der Waals surface area contributed by atoms with Gasteiger partial charge in [-0.25, -0.2) is 0 Å². The van der Waals surface area contributed by atoms with Crippen LogP contribution in [0.1, 0.15) is 26.2 Å². The molecule has 3 rings (SSSR count). The van der Waals surface area contributed by atoms with Crippen molar-refractivity contribution in [2.75, 3.05) is 24.5 Å². The highest BCUT2D eigenvalue weighted by molar-refractivity contribution is 9.11. The molecule has 2 atom stereocenters. The van der Waals surface area contributed by atoms with Crippen LogP contribution < -0.4 is 4.90 Å². The Morgan fingerprint density at radius 1 is 1.16 bits per heavy atom. The Kier molecular flexibility index (Phi) is 4.20. The molecule has 2 fully saturated rings. The number of piperidine rings is 1. The van der Waals surface area contributed by atoms with E-state index in [0.29, 0.717) is 6.04 Å². The average molecular weight is 388 g/mol. The third-order valence-corrected chi connectivity index (χ3v) is 5.57. The minimum Gasteiger partial charge on any atom is -0.365 e. The second-order valence-corrected chi connectivity index (χ2v) is 7.51. The van der Waals surface area contributed by atoms with Gasteiger partial charge in [0.15, 0.2) is 0 Å². The lowest BCUT2D eigenvalue weighted by Crippen LogP contribution is -2.58. The van der Waals surface area contributed by atoms with Crippen molar-refractivity contribution in [2.45, 2.75) is 38.3 Å². The van der Waals surface area contributed by atoms with Crippen molar-refractivity contribution < 1.29 is 0 Å². The van der Waals surface area contributed by atoms with E-state index < -0.39 is 0 Å². The van der Waals surface area contributed by atoms with Gasteiger partial charge in [0.25, 0.3) is 0 Å². The van der Waals surface area contributed by atoms with E-state index in [-0.39, 0.29) is 0 Å². The summed E-state index contributed by atoms with van der Waals surface area (Å²) in [4.78, 5) is 5.26. The standard InChI is InChI=1S/C15H20Br2N2/c1-11-9-18-7-3-2-4-13(18)10-19(11)15-8-12(16)5-6-14(15)17/h5-6,8,11,13H,2-4,7,9-10H2,1H3. The number of nitrogens with zero attached hydrogens (tertiary/aromatic N) is 2. The first-order valence-electron chi connectivity index (χ1n) is 7.11. The van der Waals surface area contributed by atoms with Gasteiger partial charge in [-0.2, -0.15) is 0 Å². The molecule has 0 aromatic heterocycles. The number of fused-ring (bicyclic) bond motifs is 1. The molecule has 2 unspecified atom stereocenters. The number of rotatable bonds is 1. The summed E-state index contributed by atoms with van der Waals surface area (Å²) in [6.07, 6.45) is 4.13. The fraction of sp³-hybridized carbons (Fsp3) is 0.600.